The average Bonchev–Trinajstić information content (AvgIpc) is 2.45. The Labute approximate surface area is 116 Å². The molecule has 6 nitrogen and oxygen atoms in total. The van der Waals surface area contributed by atoms with Crippen LogP contribution in [-0.4, -0.2) is 41.6 Å². The van der Waals surface area contributed by atoms with E-state index in [0.717, 1.165) is 32.0 Å². The van der Waals surface area contributed by atoms with Crippen molar-refractivity contribution in [2.75, 3.05) is 42.2 Å². The first-order valence-corrected chi connectivity index (χ1v) is 7.07. The van der Waals surface area contributed by atoms with Crippen molar-refractivity contribution >= 4 is 17.8 Å². The maximum Gasteiger partial charge on any atom is 0.231 e. The summed E-state index contributed by atoms with van der Waals surface area (Å²) in [5.41, 5.74) is 0. The van der Waals surface area contributed by atoms with E-state index in [9.17, 15) is 0 Å². The van der Waals surface area contributed by atoms with Gasteiger partial charge in [0.25, 0.3) is 0 Å². The third kappa shape index (κ3) is 4.54. The molecule has 19 heavy (non-hydrogen) atoms. The van der Waals surface area contributed by atoms with E-state index in [0.29, 0.717) is 17.8 Å². The number of nitrogens with zero attached hydrogens (tertiary/aromatic N) is 4. The van der Waals surface area contributed by atoms with Gasteiger partial charge in [0.15, 0.2) is 0 Å². The van der Waals surface area contributed by atoms with Crippen LogP contribution in [-0.2, 0) is 0 Å². The molecular formula is C13H26N6. The van der Waals surface area contributed by atoms with Gasteiger partial charge in [0.2, 0.25) is 17.8 Å². The summed E-state index contributed by atoms with van der Waals surface area (Å²) >= 11 is 0. The third-order valence-corrected chi connectivity index (χ3v) is 3.20. The van der Waals surface area contributed by atoms with Crippen LogP contribution in [0.15, 0.2) is 0 Å². The molecule has 0 radical (unpaired) electrons. The number of anilines is 3. The van der Waals surface area contributed by atoms with E-state index in [1.807, 2.05) is 7.05 Å². The lowest BCUT2D eigenvalue weighted by molar-refractivity contribution is 0.591. The molecule has 0 amide bonds. The largest absolute Gasteiger partial charge is 0.357 e. The smallest absolute Gasteiger partial charge is 0.231 e. The molecule has 1 heterocycles. The van der Waals surface area contributed by atoms with Gasteiger partial charge in [-0.25, -0.2) is 0 Å². The van der Waals surface area contributed by atoms with Crippen LogP contribution in [0.3, 0.4) is 0 Å². The molecule has 1 unspecified atom stereocenters. The molecule has 0 aliphatic rings. The minimum Gasteiger partial charge on any atom is -0.357 e. The van der Waals surface area contributed by atoms with Crippen molar-refractivity contribution in [3.63, 3.8) is 0 Å². The molecule has 108 valence electrons. The third-order valence-electron chi connectivity index (χ3n) is 3.20. The second-order valence-corrected chi connectivity index (χ2v) is 4.60. The summed E-state index contributed by atoms with van der Waals surface area (Å²) in [5, 5.41) is 6.27. The molecule has 1 aromatic rings. The predicted octanol–water partition coefficient (Wildman–Crippen LogP) is 2.22. The van der Waals surface area contributed by atoms with E-state index < -0.39 is 0 Å². The minimum absolute atomic E-state index is 0.601. The van der Waals surface area contributed by atoms with Crippen molar-refractivity contribution in [1.82, 2.24) is 15.0 Å². The fourth-order valence-corrected chi connectivity index (χ4v) is 1.61. The molecule has 1 atom stereocenters. The number of hydrogen-bond acceptors (Lipinski definition) is 6. The number of rotatable bonds is 8. The molecule has 6 heteroatoms. The van der Waals surface area contributed by atoms with E-state index in [4.69, 9.17) is 0 Å². The standard InChI is InChI=1S/C13H26N6/c1-6-10(4)9-15-12-16-11(14-5)17-13(18-12)19(7-2)8-3/h10H,6-9H2,1-5H3,(H2,14,15,16,17,18). The van der Waals surface area contributed by atoms with Gasteiger partial charge in [-0.15, -0.1) is 0 Å². The molecule has 1 aromatic heterocycles. The van der Waals surface area contributed by atoms with Crippen LogP contribution in [0.2, 0.25) is 0 Å². The quantitative estimate of drug-likeness (QED) is 0.752. The lowest BCUT2D eigenvalue weighted by Crippen LogP contribution is -2.25. The van der Waals surface area contributed by atoms with E-state index in [1.165, 1.54) is 0 Å². The molecule has 1 rings (SSSR count). The highest BCUT2D eigenvalue weighted by atomic mass is 15.3. The Bertz CT molecular complexity index is 377. The molecule has 0 aliphatic carbocycles. The zero-order valence-corrected chi connectivity index (χ0v) is 12.7. The topological polar surface area (TPSA) is 66.0 Å². The van der Waals surface area contributed by atoms with Gasteiger partial charge in [-0.2, -0.15) is 15.0 Å². The van der Waals surface area contributed by atoms with E-state index in [2.05, 4.69) is 58.2 Å². The van der Waals surface area contributed by atoms with Crippen LogP contribution in [0, 0.1) is 5.92 Å². The van der Waals surface area contributed by atoms with Gasteiger partial charge in [0, 0.05) is 26.7 Å². The van der Waals surface area contributed by atoms with E-state index >= 15 is 0 Å². The first-order valence-electron chi connectivity index (χ1n) is 7.07. The summed E-state index contributed by atoms with van der Waals surface area (Å²) < 4.78 is 0. The Morgan fingerprint density at radius 3 is 2.21 bits per heavy atom. The maximum absolute atomic E-state index is 4.48. The van der Waals surface area contributed by atoms with Gasteiger partial charge in [-0.3, -0.25) is 0 Å². The Morgan fingerprint density at radius 2 is 1.68 bits per heavy atom. The van der Waals surface area contributed by atoms with Crippen LogP contribution < -0.4 is 15.5 Å². The van der Waals surface area contributed by atoms with Gasteiger partial charge in [-0.1, -0.05) is 20.3 Å². The highest BCUT2D eigenvalue weighted by Crippen LogP contribution is 2.13. The lowest BCUT2D eigenvalue weighted by atomic mass is 10.1. The van der Waals surface area contributed by atoms with Crippen LogP contribution >= 0.6 is 0 Å². The average molecular weight is 266 g/mol. The van der Waals surface area contributed by atoms with Gasteiger partial charge < -0.3 is 15.5 Å². The molecule has 0 fully saturated rings. The number of hydrogen-bond donors (Lipinski definition) is 2. The van der Waals surface area contributed by atoms with Crippen molar-refractivity contribution < 1.29 is 0 Å². The van der Waals surface area contributed by atoms with Gasteiger partial charge in [0.1, 0.15) is 0 Å². The Balaban J connectivity index is 2.88. The second kappa shape index (κ2) is 7.76. The summed E-state index contributed by atoms with van der Waals surface area (Å²) in [7, 11) is 1.82. The van der Waals surface area contributed by atoms with Gasteiger partial charge in [0.05, 0.1) is 0 Å². The Kier molecular flexibility index (Phi) is 6.32. The molecular weight excluding hydrogens is 240 g/mol. The highest BCUT2D eigenvalue weighted by Gasteiger charge is 2.10. The molecule has 0 bridgehead atoms. The van der Waals surface area contributed by atoms with Crippen LogP contribution in [0.5, 0.6) is 0 Å². The molecule has 0 aromatic carbocycles. The zero-order valence-electron chi connectivity index (χ0n) is 12.7. The summed E-state index contributed by atoms with van der Waals surface area (Å²) in [6, 6.07) is 0. The summed E-state index contributed by atoms with van der Waals surface area (Å²) in [5.74, 6) is 2.56. The van der Waals surface area contributed by atoms with E-state index in [-0.39, 0.29) is 0 Å². The van der Waals surface area contributed by atoms with Crippen molar-refractivity contribution in [2.45, 2.75) is 34.1 Å². The minimum atomic E-state index is 0.601. The Hall–Kier alpha value is -1.59. The van der Waals surface area contributed by atoms with Crippen molar-refractivity contribution in [1.29, 1.82) is 0 Å². The predicted molar refractivity (Wildman–Crippen MR) is 80.9 cm³/mol. The zero-order chi connectivity index (χ0) is 14.3. The molecule has 2 N–H and O–H groups in total. The first-order chi connectivity index (χ1) is 9.14. The molecule has 0 saturated carbocycles. The molecule has 0 aliphatic heterocycles. The summed E-state index contributed by atoms with van der Waals surface area (Å²) in [6.45, 7) is 11.2. The van der Waals surface area contributed by atoms with Crippen LogP contribution in [0.4, 0.5) is 17.8 Å². The van der Waals surface area contributed by atoms with Crippen LogP contribution in [0.25, 0.3) is 0 Å². The fourth-order valence-electron chi connectivity index (χ4n) is 1.61. The number of nitrogens with one attached hydrogen (secondary N) is 2. The Morgan fingerprint density at radius 1 is 1.05 bits per heavy atom. The van der Waals surface area contributed by atoms with E-state index in [1.54, 1.807) is 0 Å². The fraction of sp³-hybridized carbons (Fsp3) is 0.769. The van der Waals surface area contributed by atoms with Crippen molar-refractivity contribution in [3.8, 4) is 0 Å². The monoisotopic (exact) mass is 266 g/mol. The van der Waals surface area contributed by atoms with Gasteiger partial charge >= 0.3 is 0 Å². The molecule has 0 saturated heterocycles. The molecule has 0 spiro atoms. The summed E-state index contributed by atoms with van der Waals surface area (Å²) in [4.78, 5) is 15.3. The second-order valence-electron chi connectivity index (χ2n) is 4.60. The lowest BCUT2D eigenvalue weighted by Gasteiger charge is -2.19. The maximum atomic E-state index is 4.48. The first kappa shape index (κ1) is 15.5. The summed E-state index contributed by atoms with van der Waals surface area (Å²) in [6.07, 6.45) is 1.14. The SMILES string of the molecule is CCC(C)CNc1nc(NC)nc(N(CC)CC)n1. The normalized spacial score (nSPS) is 12.1. The van der Waals surface area contributed by atoms with Crippen molar-refractivity contribution in [2.24, 2.45) is 5.92 Å². The van der Waals surface area contributed by atoms with Crippen LogP contribution in [0.1, 0.15) is 34.1 Å². The number of aromatic nitrogens is 3. The van der Waals surface area contributed by atoms with Gasteiger partial charge in [-0.05, 0) is 19.8 Å². The highest BCUT2D eigenvalue weighted by molar-refractivity contribution is 5.43. The van der Waals surface area contributed by atoms with Crippen molar-refractivity contribution in [3.05, 3.63) is 0 Å².